The molecule has 2 N–H and O–H groups in total. The number of nitrogens with one attached hydrogen (secondary N) is 2. The molecule has 1 saturated heterocycles. The minimum Gasteiger partial charge on any atom is -0.342 e. The number of rotatable bonds is 6. The van der Waals surface area contributed by atoms with Gasteiger partial charge in [-0.3, -0.25) is 9.59 Å². The number of halogens is 3. The number of carbonyl (C=O) groups excluding carboxylic acids is 2. The first-order valence-electron chi connectivity index (χ1n) is 8.77. The lowest BCUT2D eigenvalue weighted by atomic mass is 9.95. The highest BCUT2D eigenvalue weighted by atomic mass is 35.5. The average molecular weight is 404 g/mol. The zero-order valence-corrected chi connectivity index (χ0v) is 16.0. The molecule has 2 amide bonds. The van der Waals surface area contributed by atoms with E-state index in [4.69, 9.17) is 11.6 Å². The van der Waals surface area contributed by atoms with Gasteiger partial charge in [-0.15, -0.1) is 12.4 Å². The Balaban J connectivity index is 0.00000243. The minimum atomic E-state index is -0.512. The van der Waals surface area contributed by atoms with E-state index < -0.39 is 5.82 Å². The van der Waals surface area contributed by atoms with Gasteiger partial charge in [-0.1, -0.05) is 11.6 Å². The van der Waals surface area contributed by atoms with E-state index in [0.29, 0.717) is 38.2 Å². The van der Waals surface area contributed by atoms with Crippen molar-refractivity contribution < 1.29 is 14.0 Å². The molecule has 0 atom stereocenters. The fourth-order valence-corrected chi connectivity index (χ4v) is 3.21. The first kappa shape index (κ1) is 20.9. The highest BCUT2D eigenvalue weighted by Gasteiger charge is 2.27. The van der Waals surface area contributed by atoms with Crippen LogP contribution in [0.3, 0.4) is 0 Å². The third-order valence-corrected chi connectivity index (χ3v) is 5.10. The van der Waals surface area contributed by atoms with Crippen molar-refractivity contribution in [2.45, 2.75) is 25.7 Å². The number of carbonyl (C=O) groups is 2. The molecule has 5 nitrogen and oxygen atoms in total. The fourth-order valence-electron chi connectivity index (χ4n) is 3.03. The SMILES string of the molecule is Cl.O=C(Nc1ccc(F)c(Cl)c1)C1CCN(C(=O)CNCC2CC2)CC1. The molecule has 1 saturated carbocycles. The molecule has 1 aromatic rings. The Hall–Kier alpha value is -1.37. The van der Waals surface area contributed by atoms with Gasteiger partial charge in [0.25, 0.3) is 0 Å². The molecule has 0 aromatic heterocycles. The molecule has 1 aromatic carbocycles. The van der Waals surface area contributed by atoms with Gasteiger partial charge in [0.2, 0.25) is 11.8 Å². The van der Waals surface area contributed by atoms with Crippen molar-refractivity contribution in [2.75, 3.05) is 31.5 Å². The first-order valence-corrected chi connectivity index (χ1v) is 9.15. The fraction of sp³-hybridized carbons (Fsp3) is 0.556. The topological polar surface area (TPSA) is 61.4 Å². The van der Waals surface area contributed by atoms with Crippen molar-refractivity contribution in [3.63, 3.8) is 0 Å². The van der Waals surface area contributed by atoms with Crippen LogP contribution >= 0.6 is 24.0 Å². The van der Waals surface area contributed by atoms with E-state index in [9.17, 15) is 14.0 Å². The van der Waals surface area contributed by atoms with Crippen molar-refractivity contribution in [3.05, 3.63) is 29.0 Å². The number of nitrogens with zero attached hydrogens (tertiary/aromatic N) is 1. The average Bonchev–Trinajstić information content (AvgIpc) is 3.42. The van der Waals surface area contributed by atoms with Crippen LogP contribution in [0.5, 0.6) is 0 Å². The molecule has 0 unspecified atom stereocenters. The Bertz CT molecular complexity index is 647. The summed E-state index contributed by atoms with van der Waals surface area (Å²) in [6, 6.07) is 4.12. The van der Waals surface area contributed by atoms with E-state index in [-0.39, 0.29) is 35.2 Å². The van der Waals surface area contributed by atoms with E-state index in [1.165, 1.54) is 31.0 Å². The molecular weight excluding hydrogens is 380 g/mol. The number of likely N-dealkylation sites (tertiary alicyclic amines) is 1. The summed E-state index contributed by atoms with van der Waals surface area (Å²) in [6.45, 7) is 2.48. The van der Waals surface area contributed by atoms with E-state index in [2.05, 4.69) is 10.6 Å². The monoisotopic (exact) mass is 403 g/mol. The van der Waals surface area contributed by atoms with Crippen LogP contribution in [0.25, 0.3) is 0 Å². The van der Waals surface area contributed by atoms with Crippen LogP contribution in [0.4, 0.5) is 10.1 Å². The second-order valence-electron chi connectivity index (χ2n) is 6.85. The third kappa shape index (κ3) is 5.83. The zero-order valence-electron chi connectivity index (χ0n) is 14.5. The molecule has 1 aliphatic heterocycles. The van der Waals surface area contributed by atoms with Crippen molar-refractivity contribution >= 4 is 41.5 Å². The van der Waals surface area contributed by atoms with Crippen molar-refractivity contribution in [3.8, 4) is 0 Å². The van der Waals surface area contributed by atoms with Crippen LogP contribution in [0, 0.1) is 17.7 Å². The molecule has 26 heavy (non-hydrogen) atoms. The van der Waals surface area contributed by atoms with Gasteiger partial charge >= 0.3 is 0 Å². The second-order valence-corrected chi connectivity index (χ2v) is 7.25. The lowest BCUT2D eigenvalue weighted by molar-refractivity contribution is -0.133. The van der Waals surface area contributed by atoms with Crippen molar-refractivity contribution in [2.24, 2.45) is 11.8 Å². The number of anilines is 1. The number of piperidine rings is 1. The Morgan fingerprint density at radius 3 is 2.50 bits per heavy atom. The quantitative estimate of drug-likeness (QED) is 0.766. The van der Waals surface area contributed by atoms with Gasteiger partial charge in [0.05, 0.1) is 11.6 Å². The maximum Gasteiger partial charge on any atom is 0.236 e. The number of benzene rings is 1. The number of hydrogen-bond donors (Lipinski definition) is 2. The molecule has 8 heteroatoms. The predicted octanol–water partition coefficient (Wildman–Crippen LogP) is 3.08. The van der Waals surface area contributed by atoms with Gasteiger partial charge in [-0.25, -0.2) is 4.39 Å². The van der Waals surface area contributed by atoms with Gasteiger partial charge < -0.3 is 15.5 Å². The molecule has 0 bridgehead atoms. The largest absolute Gasteiger partial charge is 0.342 e. The minimum absolute atomic E-state index is 0. The van der Waals surface area contributed by atoms with Crippen molar-refractivity contribution in [1.82, 2.24) is 10.2 Å². The molecule has 2 aliphatic rings. The summed E-state index contributed by atoms with van der Waals surface area (Å²) in [5.41, 5.74) is 0.485. The molecule has 1 aliphatic carbocycles. The highest BCUT2D eigenvalue weighted by molar-refractivity contribution is 6.31. The zero-order chi connectivity index (χ0) is 17.8. The third-order valence-electron chi connectivity index (χ3n) is 4.81. The molecular formula is C18H24Cl2FN3O2. The summed E-state index contributed by atoms with van der Waals surface area (Å²) in [4.78, 5) is 26.3. The first-order chi connectivity index (χ1) is 12.0. The smallest absolute Gasteiger partial charge is 0.236 e. The molecule has 0 spiro atoms. The van der Waals surface area contributed by atoms with Crippen LogP contribution in [0.1, 0.15) is 25.7 Å². The van der Waals surface area contributed by atoms with Crippen molar-refractivity contribution in [1.29, 1.82) is 0 Å². The van der Waals surface area contributed by atoms with Gasteiger partial charge in [0, 0.05) is 24.7 Å². The van der Waals surface area contributed by atoms with Gasteiger partial charge in [0.1, 0.15) is 5.82 Å². The lowest BCUT2D eigenvalue weighted by Crippen LogP contribution is -2.45. The van der Waals surface area contributed by atoms with Gasteiger partial charge in [-0.2, -0.15) is 0 Å². The number of amides is 2. The maximum absolute atomic E-state index is 13.2. The molecule has 3 rings (SSSR count). The summed E-state index contributed by atoms with van der Waals surface area (Å²) in [5, 5.41) is 5.96. The Labute approximate surface area is 164 Å². The summed E-state index contributed by atoms with van der Waals surface area (Å²) in [7, 11) is 0. The van der Waals surface area contributed by atoms with Crippen LogP contribution in [-0.4, -0.2) is 42.9 Å². The van der Waals surface area contributed by atoms with Crippen LogP contribution in [-0.2, 0) is 9.59 Å². The predicted molar refractivity (Wildman–Crippen MR) is 102 cm³/mol. The van der Waals surface area contributed by atoms with E-state index in [1.54, 1.807) is 0 Å². The molecule has 0 radical (unpaired) electrons. The van der Waals surface area contributed by atoms with E-state index >= 15 is 0 Å². The van der Waals surface area contributed by atoms with Crippen LogP contribution in [0.2, 0.25) is 5.02 Å². The Morgan fingerprint density at radius 1 is 1.19 bits per heavy atom. The summed E-state index contributed by atoms with van der Waals surface area (Å²) in [6.07, 6.45) is 3.80. The van der Waals surface area contributed by atoms with Crippen LogP contribution < -0.4 is 10.6 Å². The van der Waals surface area contributed by atoms with Gasteiger partial charge in [-0.05, 0) is 56.3 Å². The van der Waals surface area contributed by atoms with Crippen LogP contribution in [0.15, 0.2) is 18.2 Å². The Morgan fingerprint density at radius 2 is 1.88 bits per heavy atom. The molecule has 1 heterocycles. The summed E-state index contributed by atoms with van der Waals surface area (Å²) < 4.78 is 13.2. The van der Waals surface area contributed by atoms with Gasteiger partial charge in [0.15, 0.2) is 0 Å². The van der Waals surface area contributed by atoms with E-state index in [1.807, 2.05) is 4.90 Å². The molecule has 2 fully saturated rings. The standard InChI is InChI=1S/C18H23ClFN3O2.ClH/c19-15-9-14(3-4-16(15)20)22-18(25)13-5-7-23(8-6-13)17(24)11-21-10-12-1-2-12;/h3-4,9,12-13,21H,1-2,5-8,10-11H2,(H,22,25);1H. The highest BCUT2D eigenvalue weighted by Crippen LogP contribution is 2.27. The summed E-state index contributed by atoms with van der Waals surface area (Å²) >= 11 is 5.73. The summed E-state index contributed by atoms with van der Waals surface area (Å²) in [5.74, 6) is 0.0859. The number of hydrogen-bond acceptors (Lipinski definition) is 3. The second kappa shape index (κ2) is 9.53. The van der Waals surface area contributed by atoms with E-state index in [0.717, 1.165) is 12.5 Å². The Kier molecular flexibility index (Phi) is 7.68. The normalized spacial score (nSPS) is 17.5. The lowest BCUT2D eigenvalue weighted by Gasteiger charge is -2.31. The maximum atomic E-state index is 13.2. The molecule has 144 valence electrons.